The van der Waals surface area contributed by atoms with Gasteiger partial charge in [-0.25, -0.2) is 0 Å². The number of hydrogen-bond acceptors (Lipinski definition) is 5. The van der Waals surface area contributed by atoms with Crippen LogP contribution in [0.25, 0.3) is 0 Å². The van der Waals surface area contributed by atoms with Crippen LogP contribution in [0.15, 0.2) is 72.1 Å². The molecule has 32 heavy (non-hydrogen) atoms. The zero-order chi connectivity index (χ0) is 22.4. The molecule has 4 rings (SSSR count). The van der Waals surface area contributed by atoms with Gasteiger partial charge in [-0.05, 0) is 69.7 Å². The van der Waals surface area contributed by atoms with Gasteiger partial charge in [-0.15, -0.1) is 11.3 Å². The molecule has 1 unspecified atom stereocenters. The first-order valence-electron chi connectivity index (χ1n) is 11.6. The number of anilines is 1. The predicted molar refractivity (Wildman–Crippen MR) is 136 cm³/mol. The summed E-state index contributed by atoms with van der Waals surface area (Å²) in [6.45, 7) is 2.94. The fourth-order valence-corrected chi connectivity index (χ4v) is 5.63. The van der Waals surface area contributed by atoms with Gasteiger partial charge in [-0.1, -0.05) is 48.5 Å². The second-order valence-electron chi connectivity index (χ2n) is 8.76. The number of benzene rings is 2. The Hall–Kier alpha value is -2.34. The van der Waals surface area contributed by atoms with Crippen LogP contribution in [0.5, 0.6) is 5.75 Å². The summed E-state index contributed by atoms with van der Waals surface area (Å²) in [5.74, 6) is 0.985. The Morgan fingerprint density at radius 2 is 1.72 bits per heavy atom. The lowest BCUT2D eigenvalue weighted by Gasteiger charge is -2.47. The van der Waals surface area contributed by atoms with E-state index in [0.717, 1.165) is 44.6 Å². The molecule has 0 bridgehead atoms. The van der Waals surface area contributed by atoms with Crippen LogP contribution in [0.2, 0.25) is 0 Å². The van der Waals surface area contributed by atoms with Crippen molar-refractivity contribution in [2.45, 2.75) is 30.9 Å². The fourth-order valence-electron chi connectivity index (χ4n) is 4.84. The van der Waals surface area contributed by atoms with Crippen molar-refractivity contribution >= 4 is 17.0 Å². The maximum atomic E-state index is 6.65. The monoisotopic (exact) mass is 449 g/mol. The van der Waals surface area contributed by atoms with Gasteiger partial charge in [0.05, 0.1) is 5.69 Å². The van der Waals surface area contributed by atoms with E-state index in [9.17, 15) is 0 Å². The molecule has 1 atom stereocenters. The van der Waals surface area contributed by atoms with Crippen molar-refractivity contribution in [2.75, 3.05) is 45.7 Å². The molecule has 1 N–H and O–H groups in total. The second-order valence-corrected chi connectivity index (χ2v) is 9.74. The molecule has 3 aromatic rings. The predicted octanol–water partition coefficient (Wildman–Crippen LogP) is 5.54. The lowest BCUT2D eigenvalue weighted by Crippen LogP contribution is -2.50. The van der Waals surface area contributed by atoms with Crippen molar-refractivity contribution in [3.8, 4) is 5.75 Å². The molecule has 1 aliphatic rings. The Morgan fingerprint density at radius 3 is 2.38 bits per heavy atom. The molecular formula is C27H35N3OS. The van der Waals surface area contributed by atoms with E-state index >= 15 is 0 Å². The molecule has 1 aliphatic heterocycles. The number of ether oxygens (including phenoxy) is 1. The average Bonchev–Trinajstić information content (AvgIpc) is 3.37. The van der Waals surface area contributed by atoms with Gasteiger partial charge in [-0.2, -0.15) is 0 Å². The molecule has 0 spiro atoms. The van der Waals surface area contributed by atoms with Crippen LogP contribution in [0.1, 0.15) is 35.8 Å². The third-order valence-corrected chi connectivity index (χ3v) is 7.71. The fraction of sp³-hybridized carbons (Fsp3) is 0.407. The van der Waals surface area contributed by atoms with Crippen molar-refractivity contribution in [1.29, 1.82) is 0 Å². The van der Waals surface area contributed by atoms with Crippen molar-refractivity contribution in [3.63, 3.8) is 0 Å². The number of para-hydroxylation sites is 2. The summed E-state index contributed by atoms with van der Waals surface area (Å²) >= 11 is 1.77. The van der Waals surface area contributed by atoms with Crippen LogP contribution in [-0.4, -0.2) is 45.7 Å². The molecule has 2 aromatic carbocycles. The topological polar surface area (TPSA) is 27.7 Å². The van der Waals surface area contributed by atoms with E-state index in [1.807, 2.05) is 7.05 Å². The summed E-state index contributed by atoms with van der Waals surface area (Å²) in [6, 6.07) is 23.8. The number of thiophene rings is 1. The van der Waals surface area contributed by atoms with E-state index in [-0.39, 0.29) is 11.6 Å². The smallest absolute Gasteiger partial charge is 0.143 e. The molecule has 0 amide bonds. The molecule has 2 heterocycles. The summed E-state index contributed by atoms with van der Waals surface area (Å²) in [7, 11) is 6.43. The minimum Gasteiger partial charge on any atom is -0.483 e. The van der Waals surface area contributed by atoms with Gasteiger partial charge < -0.3 is 15.0 Å². The molecule has 5 heteroatoms. The maximum absolute atomic E-state index is 6.65. The van der Waals surface area contributed by atoms with Crippen LogP contribution in [0.4, 0.5) is 5.69 Å². The number of nitrogens with zero attached hydrogens (tertiary/aromatic N) is 2. The molecule has 0 aliphatic carbocycles. The van der Waals surface area contributed by atoms with Crippen molar-refractivity contribution in [3.05, 3.63) is 82.6 Å². The van der Waals surface area contributed by atoms with Gasteiger partial charge in [-0.3, -0.25) is 4.90 Å². The Bertz CT molecular complexity index is 950. The summed E-state index contributed by atoms with van der Waals surface area (Å²) in [6.07, 6.45) is 3.20. The van der Waals surface area contributed by atoms with Crippen molar-refractivity contribution < 1.29 is 4.74 Å². The highest BCUT2D eigenvalue weighted by Gasteiger charge is 2.38. The number of nitrogens with one attached hydrogen (secondary N) is 1. The van der Waals surface area contributed by atoms with E-state index in [4.69, 9.17) is 4.74 Å². The van der Waals surface area contributed by atoms with Gasteiger partial charge in [0.25, 0.3) is 0 Å². The molecule has 0 saturated carbocycles. The maximum Gasteiger partial charge on any atom is 0.143 e. The summed E-state index contributed by atoms with van der Waals surface area (Å²) in [5, 5.41) is 5.40. The quantitative estimate of drug-likeness (QED) is 0.464. The second kappa shape index (κ2) is 10.5. The summed E-state index contributed by atoms with van der Waals surface area (Å²) in [4.78, 5) is 6.19. The molecular weight excluding hydrogens is 414 g/mol. The highest BCUT2D eigenvalue weighted by molar-refractivity contribution is 7.10. The Labute approximate surface area is 196 Å². The third-order valence-electron chi connectivity index (χ3n) is 6.75. The van der Waals surface area contributed by atoms with E-state index in [1.54, 1.807) is 11.3 Å². The Morgan fingerprint density at radius 1 is 1.00 bits per heavy atom. The molecule has 1 saturated heterocycles. The summed E-state index contributed by atoms with van der Waals surface area (Å²) in [5.41, 5.74) is 2.71. The van der Waals surface area contributed by atoms with Gasteiger partial charge >= 0.3 is 0 Å². The SMILES string of the molecule is CNCCC(Oc1ccccc1N1CCC(c2ccccc2)(N(C)C)CC1)c1cccs1. The Kier molecular flexibility index (Phi) is 7.51. The van der Waals surface area contributed by atoms with E-state index in [1.165, 1.54) is 16.1 Å². The number of rotatable bonds is 9. The van der Waals surface area contributed by atoms with E-state index in [0.29, 0.717) is 0 Å². The standard InChI is InChI=1S/C27H35N3OS/c1-28-18-15-25(26-14-9-21-32-26)31-24-13-8-7-12-23(24)30-19-16-27(17-20-30,29(2)3)22-10-5-4-6-11-22/h4-14,21,25,28H,15-20H2,1-3H3. The van der Waals surface area contributed by atoms with Crippen molar-refractivity contribution in [1.82, 2.24) is 10.2 Å². The first kappa shape index (κ1) is 22.8. The Balaban J connectivity index is 1.53. The third kappa shape index (κ3) is 4.85. The van der Waals surface area contributed by atoms with Crippen LogP contribution < -0.4 is 15.0 Å². The first-order valence-corrected chi connectivity index (χ1v) is 12.4. The molecule has 170 valence electrons. The van der Waals surface area contributed by atoms with Crippen LogP contribution >= 0.6 is 11.3 Å². The van der Waals surface area contributed by atoms with E-state index in [2.05, 4.69) is 101 Å². The highest BCUT2D eigenvalue weighted by Crippen LogP contribution is 2.41. The lowest BCUT2D eigenvalue weighted by molar-refractivity contribution is 0.115. The van der Waals surface area contributed by atoms with Crippen molar-refractivity contribution in [2.24, 2.45) is 0 Å². The zero-order valence-electron chi connectivity index (χ0n) is 19.5. The van der Waals surface area contributed by atoms with Crippen LogP contribution in [-0.2, 0) is 5.54 Å². The first-order chi connectivity index (χ1) is 15.6. The molecule has 1 fully saturated rings. The largest absolute Gasteiger partial charge is 0.483 e. The highest BCUT2D eigenvalue weighted by atomic mass is 32.1. The van der Waals surface area contributed by atoms with Gasteiger partial charge in [0.15, 0.2) is 0 Å². The van der Waals surface area contributed by atoms with Crippen LogP contribution in [0.3, 0.4) is 0 Å². The number of hydrogen-bond donors (Lipinski definition) is 1. The minimum absolute atomic E-state index is 0.0681. The molecule has 4 nitrogen and oxygen atoms in total. The average molecular weight is 450 g/mol. The van der Waals surface area contributed by atoms with Gasteiger partial charge in [0.1, 0.15) is 11.9 Å². The normalized spacial score (nSPS) is 16.8. The summed E-state index contributed by atoms with van der Waals surface area (Å²) < 4.78 is 6.65. The zero-order valence-corrected chi connectivity index (χ0v) is 20.3. The van der Waals surface area contributed by atoms with Gasteiger partial charge in [0.2, 0.25) is 0 Å². The molecule has 0 radical (unpaired) electrons. The minimum atomic E-state index is 0.0681. The van der Waals surface area contributed by atoms with Crippen LogP contribution in [0, 0.1) is 0 Å². The number of piperidine rings is 1. The van der Waals surface area contributed by atoms with Gasteiger partial charge in [0, 0.05) is 29.9 Å². The molecule has 1 aromatic heterocycles. The lowest BCUT2D eigenvalue weighted by atomic mass is 9.79. The van der Waals surface area contributed by atoms with E-state index < -0.39 is 0 Å².